The summed E-state index contributed by atoms with van der Waals surface area (Å²) in [7, 11) is 0. The van der Waals surface area contributed by atoms with Crippen molar-refractivity contribution < 1.29 is 9.90 Å². The molecule has 82 valence electrons. The van der Waals surface area contributed by atoms with E-state index in [2.05, 4.69) is 19.2 Å². The third-order valence-corrected chi connectivity index (χ3v) is 2.71. The smallest absolute Gasteiger partial charge is 0.305 e. The van der Waals surface area contributed by atoms with E-state index in [9.17, 15) is 4.79 Å². The van der Waals surface area contributed by atoms with Crippen LogP contribution in [0.4, 0.5) is 5.69 Å². The molecule has 0 heterocycles. The van der Waals surface area contributed by atoms with E-state index in [1.165, 1.54) is 16.7 Å². The zero-order valence-electron chi connectivity index (χ0n) is 9.42. The van der Waals surface area contributed by atoms with Crippen LogP contribution in [0.25, 0.3) is 0 Å². The molecule has 0 aliphatic rings. The highest BCUT2D eigenvalue weighted by molar-refractivity contribution is 5.67. The van der Waals surface area contributed by atoms with E-state index >= 15 is 0 Å². The van der Waals surface area contributed by atoms with Crippen LogP contribution in [0.3, 0.4) is 0 Å². The van der Waals surface area contributed by atoms with Crippen LogP contribution in [0.5, 0.6) is 0 Å². The van der Waals surface area contributed by atoms with Gasteiger partial charge in [0.05, 0.1) is 6.42 Å². The second-order valence-corrected chi connectivity index (χ2v) is 3.75. The van der Waals surface area contributed by atoms with Gasteiger partial charge in [-0.15, -0.1) is 0 Å². The summed E-state index contributed by atoms with van der Waals surface area (Å²) in [6.07, 6.45) is 0.145. The largest absolute Gasteiger partial charge is 0.481 e. The number of aryl methyl sites for hydroxylation is 1. The molecule has 3 nitrogen and oxygen atoms in total. The van der Waals surface area contributed by atoms with Gasteiger partial charge in [-0.1, -0.05) is 6.07 Å². The first-order valence-corrected chi connectivity index (χ1v) is 5.05. The first-order chi connectivity index (χ1) is 7.02. The molecule has 0 bridgehead atoms. The molecule has 0 atom stereocenters. The molecule has 0 unspecified atom stereocenters. The lowest BCUT2D eigenvalue weighted by molar-refractivity contribution is -0.136. The normalized spacial score (nSPS) is 10.1. The molecule has 2 N–H and O–H groups in total. The predicted molar refractivity (Wildman–Crippen MR) is 61.4 cm³/mol. The summed E-state index contributed by atoms with van der Waals surface area (Å²) in [4.78, 5) is 10.4. The van der Waals surface area contributed by atoms with Crippen molar-refractivity contribution in [1.29, 1.82) is 0 Å². The molecule has 0 aliphatic heterocycles. The Morgan fingerprint density at radius 2 is 1.93 bits per heavy atom. The molecule has 1 aromatic carbocycles. The van der Waals surface area contributed by atoms with Crippen molar-refractivity contribution in [1.82, 2.24) is 0 Å². The SMILES string of the molecule is Cc1ccc(NCCC(=O)O)c(C)c1C. The zero-order valence-corrected chi connectivity index (χ0v) is 9.42. The summed E-state index contributed by atoms with van der Waals surface area (Å²) < 4.78 is 0. The minimum atomic E-state index is -0.774. The summed E-state index contributed by atoms with van der Waals surface area (Å²) >= 11 is 0. The van der Waals surface area contributed by atoms with Crippen LogP contribution < -0.4 is 5.32 Å². The monoisotopic (exact) mass is 207 g/mol. The van der Waals surface area contributed by atoms with Crippen molar-refractivity contribution >= 4 is 11.7 Å². The molecule has 0 aromatic heterocycles. The summed E-state index contributed by atoms with van der Waals surface area (Å²) in [6.45, 7) is 6.67. The molecule has 0 aliphatic carbocycles. The number of rotatable bonds is 4. The summed E-state index contributed by atoms with van der Waals surface area (Å²) in [5.41, 5.74) is 4.74. The molecule has 15 heavy (non-hydrogen) atoms. The minimum absolute atomic E-state index is 0.145. The van der Waals surface area contributed by atoms with Crippen molar-refractivity contribution in [3.8, 4) is 0 Å². The Hall–Kier alpha value is -1.51. The van der Waals surface area contributed by atoms with Crippen molar-refractivity contribution in [2.45, 2.75) is 27.2 Å². The van der Waals surface area contributed by atoms with Gasteiger partial charge < -0.3 is 10.4 Å². The van der Waals surface area contributed by atoms with Gasteiger partial charge in [0.15, 0.2) is 0 Å². The third-order valence-electron chi connectivity index (χ3n) is 2.71. The van der Waals surface area contributed by atoms with Gasteiger partial charge in [0.25, 0.3) is 0 Å². The Kier molecular flexibility index (Phi) is 3.72. The third kappa shape index (κ3) is 2.98. The zero-order chi connectivity index (χ0) is 11.4. The maximum absolute atomic E-state index is 10.4. The minimum Gasteiger partial charge on any atom is -0.481 e. The number of hydrogen-bond donors (Lipinski definition) is 2. The van der Waals surface area contributed by atoms with Crippen molar-refractivity contribution in [3.05, 3.63) is 28.8 Å². The topological polar surface area (TPSA) is 49.3 Å². The van der Waals surface area contributed by atoms with Crippen LogP contribution in [0.15, 0.2) is 12.1 Å². The van der Waals surface area contributed by atoms with Gasteiger partial charge in [-0.2, -0.15) is 0 Å². The number of nitrogens with one attached hydrogen (secondary N) is 1. The van der Waals surface area contributed by atoms with E-state index in [1.54, 1.807) is 0 Å². The molecule has 0 spiro atoms. The van der Waals surface area contributed by atoms with Gasteiger partial charge in [0.1, 0.15) is 0 Å². The highest BCUT2D eigenvalue weighted by atomic mass is 16.4. The maximum Gasteiger partial charge on any atom is 0.305 e. The number of hydrogen-bond acceptors (Lipinski definition) is 2. The molecule has 0 radical (unpaired) electrons. The van der Waals surface area contributed by atoms with E-state index in [0.717, 1.165) is 5.69 Å². The summed E-state index contributed by atoms with van der Waals surface area (Å²) in [5, 5.41) is 11.7. The lowest BCUT2D eigenvalue weighted by Gasteiger charge is -2.12. The van der Waals surface area contributed by atoms with E-state index < -0.39 is 5.97 Å². The van der Waals surface area contributed by atoms with Gasteiger partial charge in [0.2, 0.25) is 0 Å². The van der Waals surface area contributed by atoms with E-state index in [0.29, 0.717) is 6.54 Å². The molecular formula is C12H17NO2. The first kappa shape index (κ1) is 11.6. The number of carboxylic acid groups (broad SMARTS) is 1. The fraction of sp³-hybridized carbons (Fsp3) is 0.417. The van der Waals surface area contributed by atoms with Gasteiger partial charge >= 0.3 is 5.97 Å². The number of carbonyl (C=O) groups is 1. The van der Waals surface area contributed by atoms with Crippen molar-refractivity contribution in [2.24, 2.45) is 0 Å². The highest BCUT2D eigenvalue weighted by Gasteiger charge is 2.03. The fourth-order valence-corrected chi connectivity index (χ4v) is 1.45. The first-order valence-electron chi connectivity index (χ1n) is 5.05. The molecule has 1 rings (SSSR count). The van der Waals surface area contributed by atoms with Crippen LogP contribution in [0.2, 0.25) is 0 Å². The van der Waals surface area contributed by atoms with Crippen molar-refractivity contribution in [3.63, 3.8) is 0 Å². The van der Waals surface area contributed by atoms with E-state index in [1.807, 2.05) is 19.1 Å². The average molecular weight is 207 g/mol. The Morgan fingerprint density at radius 1 is 1.27 bits per heavy atom. The molecule has 0 saturated carbocycles. The fourth-order valence-electron chi connectivity index (χ4n) is 1.45. The Bertz CT molecular complexity index is 372. The van der Waals surface area contributed by atoms with Gasteiger partial charge in [0, 0.05) is 12.2 Å². The molecule has 0 amide bonds. The molecule has 0 fully saturated rings. The number of benzene rings is 1. The van der Waals surface area contributed by atoms with E-state index in [4.69, 9.17) is 5.11 Å². The lowest BCUT2D eigenvalue weighted by atomic mass is 10.0. The van der Waals surface area contributed by atoms with Crippen LogP contribution >= 0.6 is 0 Å². The average Bonchev–Trinajstić information content (AvgIpc) is 2.18. The van der Waals surface area contributed by atoms with Crippen molar-refractivity contribution in [2.75, 3.05) is 11.9 Å². The standard InChI is InChI=1S/C12H17NO2/c1-8-4-5-11(10(3)9(8)2)13-7-6-12(14)15/h4-5,13H,6-7H2,1-3H3,(H,14,15). The second-order valence-electron chi connectivity index (χ2n) is 3.75. The van der Waals surface area contributed by atoms with Crippen LogP contribution in [0, 0.1) is 20.8 Å². The summed E-state index contributed by atoms with van der Waals surface area (Å²) in [5.74, 6) is -0.774. The second kappa shape index (κ2) is 4.82. The number of aliphatic carboxylic acids is 1. The van der Waals surface area contributed by atoms with Gasteiger partial charge in [-0.25, -0.2) is 0 Å². The number of anilines is 1. The Labute approximate surface area is 90.1 Å². The molecule has 0 saturated heterocycles. The van der Waals surface area contributed by atoms with Crippen LogP contribution in [0.1, 0.15) is 23.1 Å². The molecule has 3 heteroatoms. The van der Waals surface area contributed by atoms with Crippen LogP contribution in [-0.4, -0.2) is 17.6 Å². The van der Waals surface area contributed by atoms with Crippen LogP contribution in [-0.2, 0) is 4.79 Å². The molecular weight excluding hydrogens is 190 g/mol. The Balaban J connectivity index is 2.70. The lowest BCUT2D eigenvalue weighted by Crippen LogP contribution is -2.08. The van der Waals surface area contributed by atoms with Gasteiger partial charge in [-0.05, 0) is 43.5 Å². The van der Waals surface area contributed by atoms with Gasteiger partial charge in [-0.3, -0.25) is 4.79 Å². The van der Waals surface area contributed by atoms with E-state index in [-0.39, 0.29) is 6.42 Å². The number of carboxylic acids is 1. The Morgan fingerprint density at radius 3 is 2.53 bits per heavy atom. The predicted octanol–water partition coefficient (Wildman–Crippen LogP) is 2.50. The summed E-state index contributed by atoms with van der Waals surface area (Å²) in [6, 6.07) is 4.05. The quantitative estimate of drug-likeness (QED) is 0.797. The molecule has 1 aromatic rings. The maximum atomic E-state index is 10.4. The highest BCUT2D eigenvalue weighted by Crippen LogP contribution is 2.21.